The van der Waals surface area contributed by atoms with E-state index in [2.05, 4.69) is 10.1 Å². The van der Waals surface area contributed by atoms with Crippen molar-refractivity contribution in [2.45, 2.75) is 38.8 Å². The Labute approximate surface area is 212 Å². The van der Waals surface area contributed by atoms with Crippen molar-refractivity contribution in [2.24, 2.45) is 5.92 Å². The maximum atomic E-state index is 13.6. The molecule has 0 saturated heterocycles. The molecular formula is C26H27F2N3O6. The Kier molecular flexibility index (Phi) is 7.42. The third kappa shape index (κ3) is 5.71. The van der Waals surface area contributed by atoms with Crippen LogP contribution in [0.4, 0.5) is 14.5 Å². The molecule has 4 amide bonds. The van der Waals surface area contributed by atoms with Crippen LogP contribution >= 0.6 is 0 Å². The summed E-state index contributed by atoms with van der Waals surface area (Å²) in [6.07, 6.45) is 1.68. The van der Waals surface area contributed by atoms with Gasteiger partial charge in [-0.15, -0.1) is 0 Å². The van der Waals surface area contributed by atoms with Crippen molar-refractivity contribution in [3.63, 3.8) is 0 Å². The highest BCUT2D eigenvalue weighted by Crippen LogP contribution is 2.40. The monoisotopic (exact) mass is 515 g/mol. The lowest BCUT2D eigenvalue weighted by molar-refractivity contribution is -0.129. The van der Waals surface area contributed by atoms with Crippen molar-refractivity contribution in [1.82, 2.24) is 9.80 Å². The number of ether oxygens (including phenoxy) is 2. The summed E-state index contributed by atoms with van der Waals surface area (Å²) in [6, 6.07) is 7.57. The van der Waals surface area contributed by atoms with Gasteiger partial charge in [-0.3, -0.25) is 24.1 Å². The molecule has 2 aliphatic rings. The minimum absolute atomic E-state index is 0.0212. The van der Waals surface area contributed by atoms with Gasteiger partial charge in [-0.2, -0.15) is 8.78 Å². The first-order valence-corrected chi connectivity index (χ1v) is 11.8. The van der Waals surface area contributed by atoms with Gasteiger partial charge in [-0.25, -0.2) is 0 Å². The van der Waals surface area contributed by atoms with E-state index in [9.17, 15) is 28.0 Å². The van der Waals surface area contributed by atoms with E-state index in [1.54, 1.807) is 20.2 Å². The van der Waals surface area contributed by atoms with Gasteiger partial charge in [0, 0.05) is 21.0 Å². The number of anilines is 1. The number of amides is 4. The van der Waals surface area contributed by atoms with Crippen LogP contribution in [0.2, 0.25) is 0 Å². The van der Waals surface area contributed by atoms with Crippen LogP contribution in [0.1, 0.15) is 58.5 Å². The van der Waals surface area contributed by atoms with Crippen LogP contribution in [0.25, 0.3) is 0 Å². The summed E-state index contributed by atoms with van der Waals surface area (Å²) in [4.78, 5) is 53.7. The lowest BCUT2D eigenvalue weighted by Crippen LogP contribution is -2.37. The summed E-state index contributed by atoms with van der Waals surface area (Å²) in [7, 11) is 3.08. The van der Waals surface area contributed by atoms with Gasteiger partial charge < -0.3 is 19.7 Å². The van der Waals surface area contributed by atoms with Crippen LogP contribution < -0.4 is 14.8 Å². The van der Waals surface area contributed by atoms with E-state index in [1.165, 1.54) is 42.2 Å². The molecule has 196 valence electrons. The van der Waals surface area contributed by atoms with Crippen molar-refractivity contribution in [3.05, 3.63) is 53.1 Å². The second-order valence-electron chi connectivity index (χ2n) is 9.24. The van der Waals surface area contributed by atoms with Crippen molar-refractivity contribution in [2.75, 3.05) is 26.0 Å². The average Bonchev–Trinajstić information content (AvgIpc) is 3.62. The molecule has 1 heterocycles. The first-order chi connectivity index (χ1) is 17.6. The van der Waals surface area contributed by atoms with Crippen LogP contribution in [-0.2, 0) is 9.59 Å². The molecule has 9 nitrogen and oxygen atoms in total. The molecule has 1 saturated carbocycles. The number of nitrogens with one attached hydrogen (secondary N) is 1. The number of imide groups is 1. The first kappa shape index (κ1) is 26.1. The highest BCUT2D eigenvalue weighted by Gasteiger charge is 2.43. The topological polar surface area (TPSA) is 105 Å². The van der Waals surface area contributed by atoms with Crippen molar-refractivity contribution in [3.8, 4) is 11.5 Å². The zero-order chi connectivity index (χ0) is 26.9. The summed E-state index contributed by atoms with van der Waals surface area (Å²) >= 11 is 0. The Morgan fingerprint density at radius 3 is 2.46 bits per heavy atom. The first-order valence-electron chi connectivity index (χ1n) is 11.8. The Hall–Kier alpha value is -4.02. The van der Waals surface area contributed by atoms with Gasteiger partial charge in [0.15, 0.2) is 11.5 Å². The van der Waals surface area contributed by atoms with Gasteiger partial charge in [0.2, 0.25) is 11.8 Å². The van der Waals surface area contributed by atoms with Gasteiger partial charge in [0.25, 0.3) is 11.8 Å². The molecule has 1 atom stereocenters. The standard InChI is InChI=1S/C26H27F2N3O6/c1-14(32)29-18-6-4-5-17-23(18)25(35)31(24(17)34)19(12-22(33)30(2)3)16-9-10-20(37-26(27)28)21(11-16)36-13-15-7-8-15/h4-6,9-11,15,19,26H,7-8,12-13H2,1-3H3,(H,29,32). The number of carbonyl (C=O) groups excluding carboxylic acids is 4. The minimum atomic E-state index is -3.08. The molecule has 1 aliphatic heterocycles. The summed E-state index contributed by atoms with van der Waals surface area (Å²) in [5, 5.41) is 2.56. The van der Waals surface area contributed by atoms with Crippen molar-refractivity contribution < 1.29 is 37.4 Å². The molecule has 4 rings (SSSR count). The number of alkyl halides is 2. The Bertz CT molecular complexity index is 1240. The van der Waals surface area contributed by atoms with E-state index in [0.29, 0.717) is 18.1 Å². The van der Waals surface area contributed by atoms with Crippen LogP contribution in [0, 0.1) is 5.92 Å². The molecule has 0 radical (unpaired) electrons. The van der Waals surface area contributed by atoms with Crippen LogP contribution in [0.3, 0.4) is 0 Å². The molecule has 11 heteroatoms. The molecule has 0 bridgehead atoms. The smallest absolute Gasteiger partial charge is 0.387 e. The Morgan fingerprint density at radius 1 is 1.11 bits per heavy atom. The van der Waals surface area contributed by atoms with E-state index < -0.39 is 30.4 Å². The largest absolute Gasteiger partial charge is 0.489 e. The molecule has 0 aromatic heterocycles. The van der Waals surface area contributed by atoms with Gasteiger partial charge in [0.05, 0.1) is 35.9 Å². The fourth-order valence-electron chi connectivity index (χ4n) is 4.12. The predicted molar refractivity (Wildman–Crippen MR) is 129 cm³/mol. The maximum Gasteiger partial charge on any atom is 0.387 e. The molecule has 1 unspecified atom stereocenters. The summed E-state index contributed by atoms with van der Waals surface area (Å²) in [5.74, 6) is -1.95. The predicted octanol–water partition coefficient (Wildman–Crippen LogP) is 3.85. The fraction of sp³-hybridized carbons (Fsp3) is 0.385. The lowest BCUT2D eigenvalue weighted by Gasteiger charge is -2.28. The third-order valence-electron chi connectivity index (χ3n) is 6.18. The number of hydrogen-bond acceptors (Lipinski definition) is 6. The van der Waals surface area contributed by atoms with Crippen LogP contribution in [0.15, 0.2) is 36.4 Å². The number of carbonyl (C=O) groups is 4. The number of fused-ring (bicyclic) bond motifs is 1. The van der Waals surface area contributed by atoms with Gasteiger partial charge in [-0.05, 0) is 48.6 Å². The van der Waals surface area contributed by atoms with Crippen LogP contribution in [-0.4, -0.2) is 60.7 Å². The van der Waals surface area contributed by atoms with Crippen molar-refractivity contribution >= 4 is 29.3 Å². The molecule has 2 aromatic rings. The highest BCUT2D eigenvalue weighted by atomic mass is 19.3. The van der Waals surface area contributed by atoms with Crippen LogP contribution in [0.5, 0.6) is 11.5 Å². The lowest BCUT2D eigenvalue weighted by atomic mass is 10.0. The second-order valence-corrected chi connectivity index (χ2v) is 9.24. The number of benzene rings is 2. The number of hydrogen-bond donors (Lipinski definition) is 1. The second kappa shape index (κ2) is 10.5. The molecule has 1 fully saturated rings. The zero-order valence-corrected chi connectivity index (χ0v) is 20.6. The highest BCUT2D eigenvalue weighted by molar-refractivity contribution is 6.24. The van der Waals surface area contributed by atoms with E-state index in [-0.39, 0.29) is 40.6 Å². The maximum absolute atomic E-state index is 13.6. The van der Waals surface area contributed by atoms with E-state index in [0.717, 1.165) is 17.7 Å². The van der Waals surface area contributed by atoms with E-state index in [4.69, 9.17) is 4.74 Å². The summed E-state index contributed by atoms with van der Waals surface area (Å²) in [5.41, 5.74) is 0.616. The Morgan fingerprint density at radius 2 is 1.84 bits per heavy atom. The number of nitrogens with zero attached hydrogens (tertiary/aromatic N) is 2. The van der Waals surface area contributed by atoms with E-state index in [1.807, 2.05) is 0 Å². The molecule has 37 heavy (non-hydrogen) atoms. The van der Waals surface area contributed by atoms with Crippen molar-refractivity contribution in [1.29, 1.82) is 0 Å². The Balaban J connectivity index is 1.76. The molecule has 0 spiro atoms. The van der Waals surface area contributed by atoms with E-state index >= 15 is 0 Å². The normalized spacial score (nSPS) is 15.5. The molecule has 2 aromatic carbocycles. The molecule has 1 N–H and O–H groups in total. The van der Waals surface area contributed by atoms with Gasteiger partial charge in [0.1, 0.15) is 0 Å². The number of halogens is 2. The van der Waals surface area contributed by atoms with Gasteiger partial charge >= 0.3 is 6.61 Å². The number of rotatable bonds is 10. The third-order valence-corrected chi connectivity index (χ3v) is 6.18. The summed E-state index contributed by atoms with van der Waals surface area (Å²) in [6.45, 7) is -1.50. The molecule has 1 aliphatic carbocycles. The molecular weight excluding hydrogens is 488 g/mol. The zero-order valence-electron chi connectivity index (χ0n) is 20.6. The quantitative estimate of drug-likeness (QED) is 0.482. The van der Waals surface area contributed by atoms with Gasteiger partial charge in [-0.1, -0.05) is 12.1 Å². The average molecular weight is 516 g/mol. The summed E-state index contributed by atoms with van der Waals surface area (Å²) < 4.78 is 36.4. The minimum Gasteiger partial charge on any atom is -0.489 e. The fourth-order valence-corrected chi connectivity index (χ4v) is 4.12. The SMILES string of the molecule is CC(=O)Nc1cccc2c1C(=O)N(C(CC(=O)N(C)C)c1ccc(OC(F)F)c(OCC3CC3)c1)C2=O.